The lowest BCUT2D eigenvalue weighted by molar-refractivity contribution is -0.147. The van der Waals surface area contributed by atoms with E-state index in [-0.39, 0.29) is 11.9 Å². The summed E-state index contributed by atoms with van der Waals surface area (Å²) >= 11 is 0. The predicted molar refractivity (Wildman–Crippen MR) is 43.5 cm³/mol. The molecule has 1 aliphatic rings. The van der Waals surface area contributed by atoms with Gasteiger partial charge < -0.3 is 15.2 Å². The maximum absolute atomic E-state index is 11.1. The van der Waals surface area contributed by atoms with Gasteiger partial charge in [-0.15, -0.1) is 0 Å². The first-order chi connectivity index (χ1) is 5.77. The third kappa shape index (κ3) is 2.19. The molecule has 1 unspecified atom stereocenters. The molecule has 4 heteroatoms. The topological polar surface area (TPSA) is 61.5 Å². The average Bonchev–Trinajstić information content (AvgIpc) is 2.02. The zero-order chi connectivity index (χ0) is 8.97. The number of hydrogen-bond acceptors (Lipinski definition) is 4. The van der Waals surface area contributed by atoms with Gasteiger partial charge in [-0.25, -0.2) is 0 Å². The normalized spacial score (nSPS) is 19.8. The van der Waals surface area contributed by atoms with Crippen molar-refractivity contribution in [1.29, 1.82) is 0 Å². The van der Waals surface area contributed by atoms with Crippen molar-refractivity contribution in [3.05, 3.63) is 0 Å². The molecule has 0 spiro atoms. The molecule has 4 nitrogen and oxygen atoms in total. The average molecular weight is 173 g/mol. The summed E-state index contributed by atoms with van der Waals surface area (Å²) in [6.07, 6.45) is 0.795. The molecule has 2 N–H and O–H groups in total. The molecule has 0 saturated carbocycles. The molecule has 1 saturated heterocycles. The smallest absolute Gasteiger partial charge is 0.309 e. The number of carbonyl (C=O) groups excluding carboxylic acids is 1. The molecule has 0 aromatic heterocycles. The standard InChI is InChI=1S/C8H15NO3/c1-11-8(10)7(3-9)2-6-4-12-5-6/h6-7H,2-5,9H2,1H3. The quantitative estimate of drug-likeness (QED) is 0.596. The number of hydrogen-bond donors (Lipinski definition) is 1. The highest BCUT2D eigenvalue weighted by Crippen LogP contribution is 2.20. The maximum atomic E-state index is 11.1. The second-order valence-electron chi connectivity index (χ2n) is 3.09. The van der Waals surface area contributed by atoms with Crippen molar-refractivity contribution in [2.45, 2.75) is 6.42 Å². The highest BCUT2D eigenvalue weighted by molar-refractivity contribution is 5.72. The molecule has 0 bridgehead atoms. The minimum absolute atomic E-state index is 0.149. The van der Waals surface area contributed by atoms with Gasteiger partial charge in [0.2, 0.25) is 0 Å². The van der Waals surface area contributed by atoms with Gasteiger partial charge in [-0.2, -0.15) is 0 Å². The minimum Gasteiger partial charge on any atom is -0.469 e. The number of carbonyl (C=O) groups is 1. The van der Waals surface area contributed by atoms with E-state index in [1.54, 1.807) is 0 Å². The first-order valence-corrected chi connectivity index (χ1v) is 4.13. The second kappa shape index (κ2) is 4.42. The summed E-state index contributed by atoms with van der Waals surface area (Å²) in [6.45, 7) is 1.88. The minimum atomic E-state index is -0.204. The molecule has 0 aromatic rings. The summed E-state index contributed by atoms with van der Waals surface area (Å²) in [5, 5.41) is 0. The van der Waals surface area contributed by atoms with Crippen LogP contribution in [0.1, 0.15) is 6.42 Å². The van der Waals surface area contributed by atoms with Crippen LogP contribution in [0.3, 0.4) is 0 Å². The van der Waals surface area contributed by atoms with E-state index in [0.29, 0.717) is 12.5 Å². The van der Waals surface area contributed by atoms with Gasteiger partial charge in [-0.3, -0.25) is 4.79 Å². The molecule has 70 valence electrons. The van der Waals surface area contributed by atoms with E-state index in [0.717, 1.165) is 19.6 Å². The SMILES string of the molecule is COC(=O)C(CN)CC1COC1. The lowest BCUT2D eigenvalue weighted by atomic mass is 9.93. The predicted octanol–water partition coefficient (Wildman–Crippen LogP) is -0.229. The molecular formula is C8H15NO3. The Labute approximate surface area is 72.0 Å². The van der Waals surface area contributed by atoms with Gasteiger partial charge in [-0.1, -0.05) is 0 Å². The first kappa shape index (κ1) is 9.48. The van der Waals surface area contributed by atoms with Crippen LogP contribution in [-0.4, -0.2) is 32.8 Å². The van der Waals surface area contributed by atoms with E-state index in [4.69, 9.17) is 10.5 Å². The number of nitrogens with two attached hydrogens (primary N) is 1. The van der Waals surface area contributed by atoms with Gasteiger partial charge in [0.1, 0.15) is 0 Å². The summed E-state index contributed by atoms with van der Waals surface area (Å²) < 4.78 is 9.61. The van der Waals surface area contributed by atoms with Crippen molar-refractivity contribution in [2.75, 3.05) is 26.9 Å². The first-order valence-electron chi connectivity index (χ1n) is 4.13. The van der Waals surface area contributed by atoms with Gasteiger partial charge in [0.25, 0.3) is 0 Å². The molecule has 0 amide bonds. The fourth-order valence-corrected chi connectivity index (χ4v) is 1.28. The summed E-state index contributed by atoms with van der Waals surface area (Å²) in [4.78, 5) is 11.1. The fourth-order valence-electron chi connectivity index (χ4n) is 1.28. The highest BCUT2D eigenvalue weighted by atomic mass is 16.5. The molecule has 1 fully saturated rings. The van der Waals surface area contributed by atoms with Crippen molar-refractivity contribution in [1.82, 2.24) is 0 Å². The number of rotatable bonds is 4. The number of esters is 1. The number of ether oxygens (including phenoxy) is 2. The van der Waals surface area contributed by atoms with Crippen molar-refractivity contribution in [2.24, 2.45) is 17.6 Å². The van der Waals surface area contributed by atoms with Crippen LogP contribution in [0.25, 0.3) is 0 Å². The van der Waals surface area contributed by atoms with Crippen molar-refractivity contribution >= 4 is 5.97 Å². The van der Waals surface area contributed by atoms with Crippen LogP contribution in [0.5, 0.6) is 0 Å². The van der Waals surface area contributed by atoms with Crippen LogP contribution >= 0.6 is 0 Å². The van der Waals surface area contributed by atoms with E-state index in [2.05, 4.69) is 4.74 Å². The lowest BCUT2D eigenvalue weighted by Crippen LogP contribution is -2.34. The zero-order valence-electron chi connectivity index (χ0n) is 7.29. The van der Waals surface area contributed by atoms with Crippen molar-refractivity contribution in [3.8, 4) is 0 Å². The van der Waals surface area contributed by atoms with Crippen LogP contribution in [0.4, 0.5) is 0 Å². The number of methoxy groups -OCH3 is 1. The van der Waals surface area contributed by atoms with Gasteiger partial charge in [0.15, 0.2) is 0 Å². The Kier molecular flexibility index (Phi) is 3.49. The Morgan fingerprint density at radius 2 is 2.42 bits per heavy atom. The fraction of sp³-hybridized carbons (Fsp3) is 0.875. The second-order valence-corrected chi connectivity index (χ2v) is 3.09. The van der Waals surface area contributed by atoms with Gasteiger partial charge in [-0.05, 0) is 6.42 Å². The molecule has 1 aliphatic heterocycles. The summed E-state index contributed by atoms with van der Waals surface area (Å²) in [5.74, 6) is 0.144. The lowest BCUT2D eigenvalue weighted by Gasteiger charge is -2.28. The monoisotopic (exact) mass is 173 g/mol. The van der Waals surface area contributed by atoms with Crippen LogP contribution in [-0.2, 0) is 14.3 Å². The molecule has 0 aromatic carbocycles. The Bertz CT molecular complexity index is 156. The van der Waals surface area contributed by atoms with Crippen LogP contribution in [0.2, 0.25) is 0 Å². The van der Waals surface area contributed by atoms with Crippen LogP contribution < -0.4 is 5.73 Å². The van der Waals surface area contributed by atoms with Crippen molar-refractivity contribution in [3.63, 3.8) is 0 Å². The Morgan fingerprint density at radius 1 is 1.75 bits per heavy atom. The summed E-state index contributed by atoms with van der Waals surface area (Å²) in [7, 11) is 1.39. The molecule has 0 radical (unpaired) electrons. The van der Waals surface area contributed by atoms with E-state index in [1.807, 2.05) is 0 Å². The largest absolute Gasteiger partial charge is 0.469 e. The molecular weight excluding hydrogens is 158 g/mol. The van der Waals surface area contributed by atoms with E-state index in [9.17, 15) is 4.79 Å². The molecule has 1 heterocycles. The van der Waals surface area contributed by atoms with Crippen LogP contribution in [0, 0.1) is 11.8 Å². The molecule has 1 atom stereocenters. The van der Waals surface area contributed by atoms with E-state index in [1.165, 1.54) is 7.11 Å². The summed E-state index contributed by atoms with van der Waals surface area (Å²) in [6, 6.07) is 0. The van der Waals surface area contributed by atoms with Gasteiger partial charge >= 0.3 is 5.97 Å². The zero-order valence-corrected chi connectivity index (χ0v) is 7.29. The third-order valence-electron chi connectivity index (χ3n) is 2.14. The Hall–Kier alpha value is -0.610. The van der Waals surface area contributed by atoms with Crippen LogP contribution in [0.15, 0.2) is 0 Å². The maximum Gasteiger partial charge on any atom is 0.309 e. The van der Waals surface area contributed by atoms with Gasteiger partial charge in [0, 0.05) is 12.5 Å². The summed E-state index contributed by atoms with van der Waals surface area (Å²) in [5.41, 5.74) is 5.43. The van der Waals surface area contributed by atoms with E-state index >= 15 is 0 Å². The van der Waals surface area contributed by atoms with Gasteiger partial charge in [0.05, 0.1) is 26.2 Å². The Morgan fingerprint density at radius 3 is 2.75 bits per heavy atom. The Balaban J connectivity index is 2.28. The third-order valence-corrected chi connectivity index (χ3v) is 2.14. The van der Waals surface area contributed by atoms with E-state index < -0.39 is 0 Å². The van der Waals surface area contributed by atoms with Crippen molar-refractivity contribution < 1.29 is 14.3 Å². The molecule has 1 rings (SSSR count). The molecule has 0 aliphatic carbocycles. The molecule has 12 heavy (non-hydrogen) atoms. The highest BCUT2D eigenvalue weighted by Gasteiger charge is 2.26.